The zero-order valence-electron chi connectivity index (χ0n) is 11.4. The largest absolute Gasteiger partial charge is 0.356 e. The summed E-state index contributed by atoms with van der Waals surface area (Å²) in [6, 6.07) is -0.445. The zero-order valence-corrected chi connectivity index (χ0v) is 11.4. The third kappa shape index (κ3) is 4.29. The maximum Gasteiger partial charge on any atom is 0.239 e. The summed E-state index contributed by atoms with van der Waals surface area (Å²) in [5, 5.41) is 2.95. The molecule has 0 aromatic heterocycles. The van der Waals surface area contributed by atoms with Gasteiger partial charge >= 0.3 is 0 Å². The first-order valence-corrected chi connectivity index (χ1v) is 6.88. The van der Waals surface area contributed by atoms with Crippen LogP contribution < -0.4 is 11.1 Å². The number of carbonyl (C=O) groups excluding carboxylic acids is 2. The summed E-state index contributed by atoms with van der Waals surface area (Å²) in [5.41, 5.74) is 5.57. The van der Waals surface area contributed by atoms with Crippen LogP contribution in [0.15, 0.2) is 0 Å². The van der Waals surface area contributed by atoms with E-state index in [-0.39, 0.29) is 17.7 Å². The van der Waals surface area contributed by atoms with Crippen molar-refractivity contribution in [1.82, 2.24) is 10.2 Å². The molecule has 104 valence electrons. The molecule has 1 atom stereocenters. The van der Waals surface area contributed by atoms with Crippen LogP contribution >= 0.6 is 0 Å². The van der Waals surface area contributed by atoms with Gasteiger partial charge in [0.2, 0.25) is 11.8 Å². The van der Waals surface area contributed by atoms with E-state index in [1.54, 1.807) is 11.8 Å². The lowest BCUT2D eigenvalue weighted by Crippen LogP contribution is -2.48. The van der Waals surface area contributed by atoms with E-state index in [0.717, 1.165) is 32.2 Å². The topological polar surface area (TPSA) is 75.4 Å². The summed E-state index contributed by atoms with van der Waals surface area (Å²) in [7, 11) is 0. The van der Waals surface area contributed by atoms with Gasteiger partial charge in [-0.2, -0.15) is 0 Å². The van der Waals surface area contributed by atoms with E-state index in [2.05, 4.69) is 12.2 Å². The van der Waals surface area contributed by atoms with Crippen molar-refractivity contribution in [2.75, 3.05) is 19.6 Å². The Labute approximate surface area is 109 Å². The normalized spacial score (nSPS) is 18.5. The molecule has 1 aliphatic rings. The molecule has 0 radical (unpaired) electrons. The molecule has 0 bridgehead atoms. The molecule has 1 saturated heterocycles. The van der Waals surface area contributed by atoms with Gasteiger partial charge in [0, 0.05) is 25.6 Å². The van der Waals surface area contributed by atoms with Gasteiger partial charge in [-0.05, 0) is 26.2 Å². The van der Waals surface area contributed by atoms with E-state index < -0.39 is 6.04 Å². The molecule has 0 aliphatic carbocycles. The molecule has 18 heavy (non-hydrogen) atoms. The molecule has 5 nitrogen and oxygen atoms in total. The molecule has 1 rings (SSSR count). The Morgan fingerprint density at radius 2 is 2.00 bits per heavy atom. The molecular formula is C13H25N3O2. The highest BCUT2D eigenvalue weighted by Crippen LogP contribution is 2.17. The van der Waals surface area contributed by atoms with Gasteiger partial charge in [-0.15, -0.1) is 0 Å². The monoisotopic (exact) mass is 255 g/mol. The van der Waals surface area contributed by atoms with Gasteiger partial charge in [0.15, 0.2) is 0 Å². The molecule has 1 heterocycles. The number of hydrogen-bond acceptors (Lipinski definition) is 3. The van der Waals surface area contributed by atoms with Crippen LogP contribution in [0.25, 0.3) is 0 Å². The van der Waals surface area contributed by atoms with Gasteiger partial charge in [0.1, 0.15) is 0 Å². The lowest BCUT2D eigenvalue weighted by atomic mass is 9.95. The van der Waals surface area contributed by atoms with Gasteiger partial charge < -0.3 is 16.0 Å². The fourth-order valence-electron chi connectivity index (χ4n) is 2.18. The highest BCUT2D eigenvalue weighted by Gasteiger charge is 2.27. The second-order valence-electron chi connectivity index (χ2n) is 5.03. The molecule has 2 amide bonds. The van der Waals surface area contributed by atoms with Crippen LogP contribution in [0.3, 0.4) is 0 Å². The molecule has 1 fully saturated rings. The maximum absolute atomic E-state index is 11.8. The van der Waals surface area contributed by atoms with E-state index in [4.69, 9.17) is 5.73 Å². The first kappa shape index (κ1) is 15.0. The molecule has 5 heteroatoms. The highest BCUT2D eigenvalue weighted by atomic mass is 16.2. The van der Waals surface area contributed by atoms with Crippen LogP contribution in [0.2, 0.25) is 0 Å². The first-order chi connectivity index (χ1) is 8.56. The number of hydrogen-bond donors (Lipinski definition) is 2. The summed E-state index contributed by atoms with van der Waals surface area (Å²) >= 11 is 0. The van der Waals surface area contributed by atoms with Crippen molar-refractivity contribution >= 4 is 11.8 Å². The van der Waals surface area contributed by atoms with Crippen molar-refractivity contribution in [3.8, 4) is 0 Å². The van der Waals surface area contributed by atoms with Crippen LogP contribution in [-0.4, -0.2) is 42.4 Å². The first-order valence-electron chi connectivity index (χ1n) is 6.88. The van der Waals surface area contributed by atoms with Crippen molar-refractivity contribution in [3.63, 3.8) is 0 Å². The Morgan fingerprint density at radius 1 is 1.39 bits per heavy atom. The van der Waals surface area contributed by atoms with Crippen LogP contribution in [0.5, 0.6) is 0 Å². The predicted molar refractivity (Wildman–Crippen MR) is 70.9 cm³/mol. The van der Waals surface area contributed by atoms with Crippen LogP contribution in [0.1, 0.15) is 39.5 Å². The highest BCUT2D eigenvalue weighted by molar-refractivity contribution is 5.82. The second kappa shape index (κ2) is 7.36. The SMILES string of the molecule is CCCCNC(=O)C1CCN(C(=O)[C@@H](C)N)CC1. The third-order valence-corrected chi connectivity index (χ3v) is 3.40. The number of carbonyl (C=O) groups is 2. The zero-order chi connectivity index (χ0) is 13.5. The maximum atomic E-state index is 11.8. The number of likely N-dealkylation sites (tertiary alicyclic amines) is 1. The molecule has 0 saturated carbocycles. The summed E-state index contributed by atoms with van der Waals surface area (Å²) in [6.45, 7) is 5.85. The number of nitrogens with two attached hydrogens (primary N) is 1. The summed E-state index contributed by atoms with van der Waals surface area (Å²) < 4.78 is 0. The standard InChI is InChI=1S/C13H25N3O2/c1-3-4-7-15-12(17)11-5-8-16(9-6-11)13(18)10(2)14/h10-11H,3-9,14H2,1-2H3,(H,15,17)/t10-/m1/s1. The fourth-order valence-corrected chi connectivity index (χ4v) is 2.18. The summed E-state index contributed by atoms with van der Waals surface area (Å²) in [5.74, 6) is 0.176. The van der Waals surface area contributed by atoms with Crippen LogP contribution in [-0.2, 0) is 9.59 Å². The lowest BCUT2D eigenvalue weighted by Gasteiger charge is -2.32. The quantitative estimate of drug-likeness (QED) is 0.702. The predicted octanol–water partition coefficient (Wildman–Crippen LogP) is 0.489. The number of amides is 2. The van der Waals surface area contributed by atoms with Gasteiger partial charge in [-0.1, -0.05) is 13.3 Å². The summed E-state index contributed by atoms with van der Waals surface area (Å²) in [6.07, 6.45) is 3.60. The van der Waals surface area contributed by atoms with E-state index in [0.29, 0.717) is 13.1 Å². The van der Waals surface area contributed by atoms with Crippen LogP contribution in [0.4, 0.5) is 0 Å². The lowest BCUT2D eigenvalue weighted by molar-refractivity contribution is -0.136. The Morgan fingerprint density at radius 3 is 2.50 bits per heavy atom. The van der Waals surface area contributed by atoms with Gasteiger partial charge in [0.05, 0.1) is 6.04 Å². The average molecular weight is 255 g/mol. The van der Waals surface area contributed by atoms with Gasteiger partial charge in [-0.3, -0.25) is 9.59 Å². The van der Waals surface area contributed by atoms with Gasteiger partial charge in [-0.25, -0.2) is 0 Å². The van der Waals surface area contributed by atoms with Crippen molar-refractivity contribution in [2.24, 2.45) is 11.7 Å². The van der Waals surface area contributed by atoms with E-state index in [1.165, 1.54) is 0 Å². The van der Waals surface area contributed by atoms with E-state index >= 15 is 0 Å². The van der Waals surface area contributed by atoms with Crippen molar-refractivity contribution in [3.05, 3.63) is 0 Å². The molecule has 3 N–H and O–H groups in total. The number of piperidine rings is 1. The molecule has 0 aromatic carbocycles. The number of rotatable bonds is 5. The molecular weight excluding hydrogens is 230 g/mol. The minimum Gasteiger partial charge on any atom is -0.356 e. The van der Waals surface area contributed by atoms with Gasteiger partial charge in [0.25, 0.3) is 0 Å². The van der Waals surface area contributed by atoms with E-state index in [9.17, 15) is 9.59 Å². The molecule has 0 unspecified atom stereocenters. The Bertz CT molecular complexity index is 284. The van der Waals surface area contributed by atoms with Crippen molar-refractivity contribution in [2.45, 2.75) is 45.6 Å². The number of nitrogens with zero attached hydrogens (tertiary/aromatic N) is 1. The number of nitrogens with one attached hydrogen (secondary N) is 1. The Hall–Kier alpha value is -1.10. The van der Waals surface area contributed by atoms with Crippen molar-refractivity contribution in [1.29, 1.82) is 0 Å². The second-order valence-corrected chi connectivity index (χ2v) is 5.03. The van der Waals surface area contributed by atoms with E-state index in [1.807, 2.05) is 0 Å². The van der Waals surface area contributed by atoms with Crippen LogP contribution in [0, 0.1) is 5.92 Å². The smallest absolute Gasteiger partial charge is 0.239 e. The fraction of sp³-hybridized carbons (Fsp3) is 0.846. The molecule has 0 spiro atoms. The van der Waals surface area contributed by atoms with Crippen molar-refractivity contribution < 1.29 is 9.59 Å². The minimum absolute atomic E-state index is 0.0140. The number of unbranched alkanes of at least 4 members (excludes halogenated alkanes) is 1. The minimum atomic E-state index is -0.445. The third-order valence-electron chi connectivity index (χ3n) is 3.40. The summed E-state index contributed by atoms with van der Waals surface area (Å²) in [4.78, 5) is 25.3. The Kier molecular flexibility index (Phi) is 6.12. The average Bonchev–Trinajstić information content (AvgIpc) is 2.38. The molecule has 1 aliphatic heterocycles. The Balaban J connectivity index is 2.30. The molecule has 0 aromatic rings.